The maximum Gasteiger partial charge on any atom is 0.329 e. The molecule has 0 bridgehead atoms. The second-order valence-corrected chi connectivity index (χ2v) is 5.29. The average Bonchev–Trinajstić information content (AvgIpc) is 2.30. The quantitative estimate of drug-likeness (QED) is 0.766. The monoisotopic (exact) mass is 253 g/mol. The molecule has 0 unspecified atom stereocenters. The van der Waals surface area contributed by atoms with E-state index in [1.165, 1.54) is 11.3 Å². The van der Waals surface area contributed by atoms with Gasteiger partial charge in [-0.15, -0.1) is 0 Å². The smallest absolute Gasteiger partial charge is 0.329 e. The molecule has 0 saturated heterocycles. The van der Waals surface area contributed by atoms with Crippen LogP contribution in [-0.2, 0) is 9.59 Å². The molecule has 0 aliphatic heterocycles. The molecule has 4 heteroatoms. The molecular formula is C14H23NO3. The summed E-state index contributed by atoms with van der Waals surface area (Å²) < 4.78 is 0. The van der Waals surface area contributed by atoms with Crippen molar-refractivity contribution < 1.29 is 14.7 Å². The van der Waals surface area contributed by atoms with E-state index < -0.39 is 11.5 Å². The molecular weight excluding hydrogens is 230 g/mol. The first-order valence-electron chi connectivity index (χ1n) is 6.61. The zero-order chi connectivity index (χ0) is 13.8. The molecule has 1 aliphatic rings. The van der Waals surface area contributed by atoms with Gasteiger partial charge < -0.3 is 10.0 Å². The molecule has 1 amide bonds. The summed E-state index contributed by atoms with van der Waals surface area (Å²) in [5.74, 6) is -1.05. The van der Waals surface area contributed by atoms with Gasteiger partial charge in [-0.05, 0) is 46.5 Å². The van der Waals surface area contributed by atoms with Crippen LogP contribution in [0.3, 0.4) is 0 Å². The van der Waals surface area contributed by atoms with Crippen LogP contribution in [-0.4, -0.2) is 34.0 Å². The lowest BCUT2D eigenvalue weighted by Gasteiger charge is -2.34. The number of likely N-dealkylation sites (N-methyl/N-ethyl adjacent to an activating group) is 1. The molecule has 4 nitrogen and oxygen atoms in total. The molecule has 0 radical (unpaired) electrons. The molecule has 0 spiro atoms. The summed E-state index contributed by atoms with van der Waals surface area (Å²) in [6, 6.07) is 0. The molecule has 18 heavy (non-hydrogen) atoms. The van der Waals surface area contributed by atoms with E-state index in [9.17, 15) is 14.7 Å². The number of allylic oxidation sites excluding steroid dienone is 1. The highest BCUT2D eigenvalue weighted by atomic mass is 16.4. The van der Waals surface area contributed by atoms with Gasteiger partial charge in [0.2, 0.25) is 5.91 Å². The zero-order valence-electron chi connectivity index (χ0n) is 11.5. The van der Waals surface area contributed by atoms with Crippen molar-refractivity contribution in [1.82, 2.24) is 4.90 Å². The van der Waals surface area contributed by atoms with Gasteiger partial charge >= 0.3 is 5.97 Å². The number of carbonyl (C=O) groups is 2. The molecule has 0 atom stereocenters. The van der Waals surface area contributed by atoms with Crippen LogP contribution in [0.1, 0.15) is 52.9 Å². The lowest BCUT2D eigenvalue weighted by molar-refractivity contribution is -0.156. The van der Waals surface area contributed by atoms with Gasteiger partial charge in [0.1, 0.15) is 5.54 Å². The van der Waals surface area contributed by atoms with Gasteiger partial charge in [0, 0.05) is 13.0 Å². The number of carbonyl (C=O) groups excluding carboxylic acids is 1. The Bertz CT molecular complexity index is 358. The van der Waals surface area contributed by atoms with Crippen molar-refractivity contribution >= 4 is 11.9 Å². The van der Waals surface area contributed by atoms with Crippen molar-refractivity contribution in [1.29, 1.82) is 0 Å². The Kier molecular flexibility index (Phi) is 4.93. The van der Waals surface area contributed by atoms with Crippen molar-refractivity contribution in [3.05, 3.63) is 11.6 Å². The van der Waals surface area contributed by atoms with Gasteiger partial charge in [-0.1, -0.05) is 11.6 Å². The van der Waals surface area contributed by atoms with Crippen LogP contribution in [0.5, 0.6) is 0 Å². The predicted octanol–water partition coefficient (Wildman–Crippen LogP) is 2.59. The lowest BCUT2D eigenvalue weighted by atomic mass is 9.95. The molecule has 0 aromatic rings. The largest absolute Gasteiger partial charge is 0.480 e. The normalized spacial score (nSPS) is 16.1. The van der Waals surface area contributed by atoms with E-state index in [1.807, 2.05) is 6.92 Å². The average molecular weight is 253 g/mol. The van der Waals surface area contributed by atoms with Crippen LogP contribution in [0, 0.1) is 0 Å². The highest BCUT2D eigenvalue weighted by molar-refractivity contribution is 5.87. The summed E-state index contributed by atoms with van der Waals surface area (Å²) in [5, 5.41) is 9.19. The van der Waals surface area contributed by atoms with Crippen molar-refractivity contribution in [3.8, 4) is 0 Å². The fourth-order valence-electron chi connectivity index (χ4n) is 2.35. The Hall–Kier alpha value is -1.32. The third-order valence-corrected chi connectivity index (χ3v) is 3.58. The highest BCUT2D eigenvalue weighted by Crippen LogP contribution is 2.23. The summed E-state index contributed by atoms with van der Waals surface area (Å²) in [4.78, 5) is 24.9. The summed E-state index contributed by atoms with van der Waals surface area (Å²) in [6.07, 6.45) is 6.82. The Morgan fingerprint density at radius 2 is 2.06 bits per heavy atom. The molecule has 0 fully saturated rings. The second-order valence-electron chi connectivity index (χ2n) is 5.29. The Morgan fingerprint density at radius 1 is 1.39 bits per heavy atom. The molecule has 1 rings (SSSR count). The SMILES string of the molecule is CCN(C(=O)CC1=CCCCC1)C(C)(C)C(=O)O. The molecule has 1 aliphatic carbocycles. The first kappa shape index (κ1) is 14.7. The number of aliphatic carboxylic acids is 1. The van der Waals surface area contributed by atoms with E-state index in [-0.39, 0.29) is 5.91 Å². The van der Waals surface area contributed by atoms with Gasteiger partial charge in [0.15, 0.2) is 0 Å². The molecule has 0 saturated carbocycles. The first-order chi connectivity index (χ1) is 8.39. The number of nitrogens with zero attached hydrogens (tertiary/aromatic N) is 1. The maximum atomic E-state index is 12.2. The third kappa shape index (κ3) is 3.34. The van der Waals surface area contributed by atoms with Crippen LogP contribution < -0.4 is 0 Å². The number of amides is 1. The Morgan fingerprint density at radius 3 is 2.50 bits per heavy atom. The minimum absolute atomic E-state index is 0.0851. The zero-order valence-corrected chi connectivity index (χ0v) is 11.5. The van der Waals surface area contributed by atoms with Gasteiger partial charge in [0.05, 0.1) is 0 Å². The molecule has 0 heterocycles. The van der Waals surface area contributed by atoms with E-state index in [2.05, 4.69) is 6.08 Å². The van der Waals surface area contributed by atoms with Crippen molar-refractivity contribution in [3.63, 3.8) is 0 Å². The minimum atomic E-state index is -1.14. The van der Waals surface area contributed by atoms with Gasteiger partial charge in [-0.3, -0.25) is 4.79 Å². The molecule has 1 N–H and O–H groups in total. The number of hydrogen-bond acceptors (Lipinski definition) is 2. The fourth-order valence-corrected chi connectivity index (χ4v) is 2.35. The maximum absolute atomic E-state index is 12.2. The minimum Gasteiger partial charge on any atom is -0.480 e. The van der Waals surface area contributed by atoms with Crippen LogP contribution in [0.25, 0.3) is 0 Å². The van der Waals surface area contributed by atoms with E-state index in [0.29, 0.717) is 13.0 Å². The Balaban J connectivity index is 2.73. The summed E-state index contributed by atoms with van der Waals surface area (Å²) in [5.41, 5.74) is 0.0204. The highest BCUT2D eigenvalue weighted by Gasteiger charge is 2.36. The number of carboxylic acids is 1. The van der Waals surface area contributed by atoms with Gasteiger partial charge in [-0.2, -0.15) is 0 Å². The van der Waals surface area contributed by atoms with Crippen LogP contribution in [0.2, 0.25) is 0 Å². The van der Waals surface area contributed by atoms with Crippen molar-refractivity contribution in [2.75, 3.05) is 6.54 Å². The third-order valence-electron chi connectivity index (χ3n) is 3.58. The summed E-state index contributed by atoms with van der Waals surface area (Å²) in [6.45, 7) is 5.39. The van der Waals surface area contributed by atoms with Crippen LogP contribution in [0.15, 0.2) is 11.6 Å². The molecule has 0 aromatic heterocycles. The van der Waals surface area contributed by atoms with Crippen molar-refractivity contribution in [2.24, 2.45) is 0 Å². The van der Waals surface area contributed by atoms with Gasteiger partial charge in [-0.25, -0.2) is 4.79 Å². The van der Waals surface area contributed by atoms with E-state index in [4.69, 9.17) is 0 Å². The molecule has 0 aromatic carbocycles. The lowest BCUT2D eigenvalue weighted by Crippen LogP contribution is -2.52. The number of rotatable bonds is 5. The summed E-state index contributed by atoms with van der Waals surface area (Å²) >= 11 is 0. The van der Waals surface area contributed by atoms with E-state index in [0.717, 1.165) is 24.8 Å². The summed E-state index contributed by atoms with van der Waals surface area (Å²) in [7, 11) is 0. The standard InChI is InChI=1S/C14H23NO3/c1-4-15(14(2,3)13(17)18)12(16)10-11-8-6-5-7-9-11/h8H,4-7,9-10H2,1-3H3,(H,17,18). The van der Waals surface area contributed by atoms with Crippen LogP contribution >= 0.6 is 0 Å². The van der Waals surface area contributed by atoms with E-state index in [1.54, 1.807) is 13.8 Å². The first-order valence-corrected chi connectivity index (χ1v) is 6.61. The number of hydrogen-bond donors (Lipinski definition) is 1. The second kappa shape index (κ2) is 6.03. The topological polar surface area (TPSA) is 57.6 Å². The Labute approximate surface area is 109 Å². The predicted molar refractivity (Wildman–Crippen MR) is 70.3 cm³/mol. The van der Waals surface area contributed by atoms with E-state index >= 15 is 0 Å². The number of carboxylic acid groups (broad SMARTS) is 1. The van der Waals surface area contributed by atoms with Crippen molar-refractivity contribution in [2.45, 2.75) is 58.4 Å². The van der Waals surface area contributed by atoms with Gasteiger partial charge in [0.25, 0.3) is 0 Å². The fraction of sp³-hybridized carbons (Fsp3) is 0.714. The molecule has 102 valence electrons. The van der Waals surface area contributed by atoms with Crippen LogP contribution in [0.4, 0.5) is 0 Å².